The summed E-state index contributed by atoms with van der Waals surface area (Å²) in [4.78, 5) is 3.07. The number of likely N-dealkylation sites (N-methyl/N-ethyl adjacent to an activating group) is 1. The van der Waals surface area contributed by atoms with Crippen molar-refractivity contribution in [3.8, 4) is 10.8 Å². The predicted molar refractivity (Wildman–Crippen MR) is 70.4 cm³/mol. The van der Waals surface area contributed by atoms with Gasteiger partial charge >= 0.3 is 0 Å². The lowest BCUT2D eigenvalue weighted by Gasteiger charge is -2.23. The molecule has 0 amide bonds. The highest BCUT2D eigenvalue weighted by molar-refractivity contribution is 7.13. The van der Waals surface area contributed by atoms with Crippen LogP contribution in [0.25, 0.3) is 10.8 Å². The fraction of sp³-hybridized carbons (Fsp3) is 0.500. The van der Waals surface area contributed by atoms with Crippen molar-refractivity contribution in [3.05, 3.63) is 23.4 Å². The number of hydrogen-bond acceptors (Lipinski definition) is 6. The molecular formula is C12H17N3O2S. The number of rotatable bonds is 6. The Bertz CT molecular complexity index is 469. The number of hydrogen-bond donors (Lipinski definition) is 1. The lowest BCUT2D eigenvalue weighted by molar-refractivity contribution is 0.149. The molecule has 0 aliphatic rings. The Morgan fingerprint density at radius 2 is 2.33 bits per heavy atom. The van der Waals surface area contributed by atoms with E-state index >= 15 is 0 Å². The van der Waals surface area contributed by atoms with E-state index in [2.05, 4.69) is 15.1 Å². The van der Waals surface area contributed by atoms with Crippen LogP contribution in [0.5, 0.6) is 0 Å². The van der Waals surface area contributed by atoms with Crippen LogP contribution in [0.3, 0.4) is 0 Å². The van der Waals surface area contributed by atoms with Crippen LogP contribution in [0.15, 0.2) is 21.9 Å². The summed E-state index contributed by atoms with van der Waals surface area (Å²) in [5.74, 6) is 1.15. The molecule has 0 aliphatic carbocycles. The van der Waals surface area contributed by atoms with E-state index in [0.717, 1.165) is 11.4 Å². The molecule has 1 N–H and O–H groups in total. The molecule has 18 heavy (non-hydrogen) atoms. The van der Waals surface area contributed by atoms with E-state index in [1.807, 2.05) is 31.4 Å². The van der Waals surface area contributed by atoms with Crippen LogP contribution in [0.4, 0.5) is 0 Å². The van der Waals surface area contributed by atoms with Crippen LogP contribution in [0, 0.1) is 0 Å². The summed E-state index contributed by atoms with van der Waals surface area (Å²) >= 11 is 1.58. The molecule has 2 heterocycles. The van der Waals surface area contributed by atoms with Crippen molar-refractivity contribution in [3.63, 3.8) is 0 Å². The molecule has 2 aromatic rings. The first-order valence-electron chi connectivity index (χ1n) is 5.98. The second kappa shape index (κ2) is 6.08. The van der Waals surface area contributed by atoms with Gasteiger partial charge in [-0.2, -0.15) is 0 Å². The molecule has 6 heteroatoms. The lowest BCUT2D eigenvalue weighted by atomic mass is 10.3. The standard InChI is InChI=1S/C12H17N3O2S/c1-3-15(6-7-16)9(2)11-13-14-12(17-11)10-5-4-8-18-10/h4-5,8-9,16H,3,6-7H2,1-2H3. The van der Waals surface area contributed by atoms with Gasteiger partial charge in [0.1, 0.15) is 0 Å². The number of nitrogens with zero attached hydrogens (tertiary/aromatic N) is 3. The predicted octanol–water partition coefficient (Wildman–Crippen LogP) is 2.17. The first-order chi connectivity index (χ1) is 8.76. The van der Waals surface area contributed by atoms with Crippen molar-refractivity contribution < 1.29 is 9.52 Å². The van der Waals surface area contributed by atoms with Crippen LogP contribution in [0.1, 0.15) is 25.8 Å². The van der Waals surface area contributed by atoms with Crippen molar-refractivity contribution in [1.29, 1.82) is 0 Å². The summed E-state index contributed by atoms with van der Waals surface area (Å²) in [5.41, 5.74) is 0. The zero-order chi connectivity index (χ0) is 13.0. The molecule has 0 saturated carbocycles. The molecule has 0 radical (unpaired) electrons. The van der Waals surface area contributed by atoms with Crippen molar-refractivity contribution in [2.75, 3.05) is 19.7 Å². The van der Waals surface area contributed by atoms with Crippen LogP contribution in [-0.4, -0.2) is 39.9 Å². The van der Waals surface area contributed by atoms with Crippen LogP contribution >= 0.6 is 11.3 Å². The molecule has 0 aromatic carbocycles. The second-order valence-electron chi connectivity index (χ2n) is 3.95. The van der Waals surface area contributed by atoms with Crippen molar-refractivity contribution in [1.82, 2.24) is 15.1 Å². The Labute approximate surface area is 110 Å². The fourth-order valence-electron chi connectivity index (χ4n) is 1.81. The summed E-state index contributed by atoms with van der Waals surface area (Å²) in [5, 5.41) is 19.1. The minimum absolute atomic E-state index is 0.0170. The van der Waals surface area contributed by atoms with Gasteiger partial charge in [-0.15, -0.1) is 21.5 Å². The average Bonchev–Trinajstić information content (AvgIpc) is 3.04. The van der Waals surface area contributed by atoms with Gasteiger partial charge in [0.05, 0.1) is 17.5 Å². The van der Waals surface area contributed by atoms with Gasteiger partial charge in [0.15, 0.2) is 0 Å². The van der Waals surface area contributed by atoms with Crippen LogP contribution in [0.2, 0.25) is 0 Å². The smallest absolute Gasteiger partial charge is 0.257 e. The van der Waals surface area contributed by atoms with Gasteiger partial charge in [-0.1, -0.05) is 13.0 Å². The summed E-state index contributed by atoms with van der Waals surface area (Å²) in [7, 11) is 0. The summed E-state index contributed by atoms with van der Waals surface area (Å²) in [6.07, 6.45) is 0. The molecule has 98 valence electrons. The van der Waals surface area contributed by atoms with E-state index in [1.54, 1.807) is 11.3 Å². The zero-order valence-corrected chi connectivity index (χ0v) is 11.4. The maximum absolute atomic E-state index is 9.01. The molecular weight excluding hydrogens is 250 g/mol. The average molecular weight is 267 g/mol. The third-order valence-corrected chi connectivity index (χ3v) is 3.73. The van der Waals surface area contributed by atoms with Gasteiger partial charge < -0.3 is 9.52 Å². The van der Waals surface area contributed by atoms with E-state index in [0.29, 0.717) is 18.3 Å². The molecule has 0 bridgehead atoms. The number of aliphatic hydroxyl groups excluding tert-OH is 1. The molecule has 5 nitrogen and oxygen atoms in total. The number of aromatic nitrogens is 2. The largest absolute Gasteiger partial charge is 0.418 e. The Morgan fingerprint density at radius 3 is 2.94 bits per heavy atom. The van der Waals surface area contributed by atoms with E-state index in [-0.39, 0.29) is 12.6 Å². The van der Waals surface area contributed by atoms with E-state index in [4.69, 9.17) is 9.52 Å². The zero-order valence-electron chi connectivity index (χ0n) is 10.5. The fourth-order valence-corrected chi connectivity index (χ4v) is 2.46. The van der Waals surface area contributed by atoms with Gasteiger partial charge in [-0.25, -0.2) is 0 Å². The van der Waals surface area contributed by atoms with Gasteiger partial charge in [0.25, 0.3) is 5.89 Å². The lowest BCUT2D eigenvalue weighted by Crippen LogP contribution is -2.29. The maximum atomic E-state index is 9.01. The Kier molecular flexibility index (Phi) is 4.46. The second-order valence-corrected chi connectivity index (χ2v) is 4.90. The SMILES string of the molecule is CCN(CCO)C(C)c1nnc(-c2cccs2)o1. The van der Waals surface area contributed by atoms with E-state index < -0.39 is 0 Å². The molecule has 2 aromatic heterocycles. The first-order valence-corrected chi connectivity index (χ1v) is 6.86. The Balaban J connectivity index is 2.14. The molecule has 0 aliphatic heterocycles. The maximum Gasteiger partial charge on any atom is 0.257 e. The highest BCUT2D eigenvalue weighted by Gasteiger charge is 2.20. The van der Waals surface area contributed by atoms with Gasteiger partial charge in [0, 0.05) is 6.54 Å². The Morgan fingerprint density at radius 1 is 1.50 bits per heavy atom. The highest BCUT2D eigenvalue weighted by atomic mass is 32.1. The number of aliphatic hydroxyl groups is 1. The van der Waals surface area contributed by atoms with Crippen LogP contribution < -0.4 is 0 Å². The molecule has 0 fully saturated rings. The quantitative estimate of drug-likeness (QED) is 0.869. The minimum atomic E-state index is 0.0170. The molecule has 1 unspecified atom stereocenters. The third kappa shape index (κ3) is 2.77. The van der Waals surface area contributed by atoms with Gasteiger partial charge in [0.2, 0.25) is 5.89 Å². The monoisotopic (exact) mass is 267 g/mol. The minimum Gasteiger partial charge on any atom is -0.418 e. The third-order valence-electron chi connectivity index (χ3n) is 2.87. The molecule has 1 atom stereocenters. The van der Waals surface area contributed by atoms with Crippen LogP contribution in [-0.2, 0) is 0 Å². The highest BCUT2D eigenvalue weighted by Crippen LogP contribution is 2.26. The normalized spacial score (nSPS) is 13.1. The summed E-state index contributed by atoms with van der Waals surface area (Å²) in [6.45, 7) is 5.62. The molecule has 0 saturated heterocycles. The molecule has 0 spiro atoms. The summed E-state index contributed by atoms with van der Waals surface area (Å²) in [6, 6.07) is 3.93. The van der Waals surface area contributed by atoms with Gasteiger partial charge in [-0.3, -0.25) is 4.90 Å². The van der Waals surface area contributed by atoms with E-state index in [9.17, 15) is 0 Å². The van der Waals surface area contributed by atoms with E-state index in [1.165, 1.54) is 0 Å². The first kappa shape index (κ1) is 13.2. The topological polar surface area (TPSA) is 62.4 Å². The van der Waals surface area contributed by atoms with Gasteiger partial charge in [-0.05, 0) is 24.9 Å². The van der Waals surface area contributed by atoms with Crippen molar-refractivity contribution in [2.24, 2.45) is 0 Å². The van der Waals surface area contributed by atoms with Crippen molar-refractivity contribution >= 4 is 11.3 Å². The van der Waals surface area contributed by atoms with Crippen molar-refractivity contribution in [2.45, 2.75) is 19.9 Å². The Hall–Kier alpha value is -1.24. The summed E-state index contributed by atoms with van der Waals surface area (Å²) < 4.78 is 5.68. The molecule has 2 rings (SSSR count). The number of thiophene rings is 1.